The van der Waals surface area contributed by atoms with Crippen LogP contribution in [0.2, 0.25) is 0 Å². The number of hydrogen-bond donors (Lipinski definition) is 0. The number of hydrogen-bond acceptors (Lipinski definition) is 7. The summed E-state index contributed by atoms with van der Waals surface area (Å²) in [7, 11) is 1.31. The fourth-order valence-corrected chi connectivity index (χ4v) is 8.10. The molecule has 10 heteroatoms. The van der Waals surface area contributed by atoms with Crippen molar-refractivity contribution in [2.75, 3.05) is 7.11 Å². The number of fused-ring (bicyclic) bond motifs is 1. The molecule has 4 saturated carbocycles. The Bertz CT molecular complexity index is 1600. The molecule has 8 rings (SSSR count). The van der Waals surface area contributed by atoms with Crippen molar-refractivity contribution in [3.63, 3.8) is 0 Å². The normalized spacial score (nSPS) is 25.8. The standard InChI is InChI=1S/C28H28BrN5O4/c1-15-20(13-32-33(15)14-28-8-16-5-17(9-28)7-18(6-16)10-28)21-12-31-25-24(23(21)26(35)37-2)38-27(36)34(25)19-3-4-22(29)30-11-19/h3-4,11-13,16-18H,5-10,14H2,1-2H3. The lowest BCUT2D eigenvalue weighted by atomic mass is 9.49. The number of nitrogens with zero attached hydrogens (tertiary/aromatic N) is 5. The number of carbonyl (C=O) groups is 1. The van der Waals surface area contributed by atoms with Gasteiger partial charge in [0, 0.05) is 29.6 Å². The van der Waals surface area contributed by atoms with E-state index in [0.717, 1.165) is 35.6 Å². The number of aromatic nitrogens is 5. The number of oxazole rings is 1. The summed E-state index contributed by atoms with van der Waals surface area (Å²) in [5, 5.41) is 4.78. The van der Waals surface area contributed by atoms with Crippen molar-refractivity contribution in [3.8, 4) is 16.8 Å². The van der Waals surface area contributed by atoms with Gasteiger partial charge in [0.2, 0.25) is 0 Å². The molecule has 0 N–H and O–H groups in total. The SMILES string of the molecule is COC(=O)c1c(-c2cnn(CC34CC5CC(CC(C5)C3)C4)c2C)cnc2c1oc(=O)n2-c1ccc(Br)nc1. The summed E-state index contributed by atoms with van der Waals surface area (Å²) >= 11 is 3.30. The van der Waals surface area contributed by atoms with Crippen LogP contribution < -0.4 is 5.76 Å². The third-order valence-electron chi connectivity index (χ3n) is 9.00. The maximum Gasteiger partial charge on any atom is 0.425 e. The van der Waals surface area contributed by atoms with E-state index in [-0.39, 0.29) is 16.8 Å². The highest BCUT2D eigenvalue weighted by Gasteiger charge is 2.51. The fourth-order valence-electron chi connectivity index (χ4n) is 7.87. The summed E-state index contributed by atoms with van der Waals surface area (Å²) < 4.78 is 14.8. The molecule has 0 atom stereocenters. The van der Waals surface area contributed by atoms with E-state index in [2.05, 4.69) is 30.6 Å². The van der Waals surface area contributed by atoms with Crippen molar-refractivity contribution >= 4 is 33.1 Å². The van der Waals surface area contributed by atoms with E-state index in [0.29, 0.717) is 21.3 Å². The van der Waals surface area contributed by atoms with Gasteiger partial charge in [-0.3, -0.25) is 4.68 Å². The van der Waals surface area contributed by atoms with Crippen molar-refractivity contribution in [2.45, 2.75) is 52.0 Å². The number of halogens is 1. The first kappa shape index (κ1) is 23.8. The lowest BCUT2D eigenvalue weighted by molar-refractivity contribution is -0.0638. The Labute approximate surface area is 227 Å². The number of esters is 1. The second-order valence-electron chi connectivity index (χ2n) is 11.5. The molecule has 0 amide bonds. The Kier molecular flexibility index (Phi) is 5.41. The van der Waals surface area contributed by atoms with Crippen LogP contribution in [0.15, 0.2) is 44.5 Å². The summed E-state index contributed by atoms with van der Waals surface area (Å²) in [6.07, 6.45) is 13.0. The molecule has 9 nitrogen and oxygen atoms in total. The van der Waals surface area contributed by atoms with Gasteiger partial charge in [-0.05, 0) is 96.7 Å². The van der Waals surface area contributed by atoms with Crippen LogP contribution in [-0.2, 0) is 11.3 Å². The van der Waals surface area contributed by atoms with Crippen molar-refractivity contribution < 1.29 is 13.9 Å². The summed E-state index contributed by atoms with van der Waals surface area (Å²) in [4.78, 5) is 34.7. The first-order chi connectivity index (χ1) is 18.3. The second kappa shape index (κ2) is 8.62. The number of carbonyl (C=O) groups excluding carboxylic acids is 1. The number of pyridine rings is 2. The molecular formula is C28H28BrN5O4. The molecule has 4 bridgehead atoms. The zero-order valence-corrected chi connectivity index (χ0v) is 22.9. The Morgan fingerprint density at radius 1 is 1.08 bits per heavy atom. The average molecular weight is 578 g/mol. The lowest BCUT2D eigenvalue weighted by Crippen LogP contribution is -2.48. The Morgan fingerprint density at radius 3 is 2.42 bits per heavy atom. The minimum atomic E-state index is -0.659. The quantitative estimate of drug-likeness (QED) is 0.234. The molecule has 0 spiro atoms. The summed E-state index contributed by atoms with van der Waals surface area (Å²) in [5.74, 6) is 1.33. The zero-order chi connectivity index (χ0) is 26.2. The van der Waals surface area contributed by atoms with Crippen LogP contribution in [0.3, 0.4) is 0 Å². The van der Waals surface area contributed by atoms with E-state index < -0.39 is 11.7 Å². The molecular weight excluding hydrogens is 550 g/mol. The lowest BCUT2D eigenvalue weighted by Gasteiger charge is -2.56. The van der Waals surface area contributed by atoms with Gasteiger partial charge in [0.05, 0.1) is 25.2 Å². The highest BCUT2D eigenvalue weighted by molar-refractivity contribution is 9.10. The Hall–Kier alpha value is -3.27. The van der Waals surface area contributed by atoms with E-state index in [4.69, 9.17) is 14.3 Å². The minimum Gasteiger partial charge on any atom is -0.465 e. The summed E-state index contributed by atoms with van der Waals surface area (Å²) in [6, 6.07) is 3.44. The van der Waals surface area contributed by atoms with Gasteiger partial charge >= 0.3 is 11.7 Å². The predicted octanol–water partition coefficient (Wildman–Crippen LogP) is 5.31. The maximum atomic E-state index is 13.1. The summed E-state index contributed by atoms with van der Waals surface area (Å²) in [6.45, 7) is 2.93. The monoisotopic (exact) mass is 577 g/mol. The molecule has 196 valence electrons. The number of rotatable bonds is 5. The highest BCUT2D eigenvalue weighted by atomic mass is 79.9. The van der Waals surface area contributed by atoms with Crippen molar-refractivity contribution in [1.29, 1.82) is 0 Å². The topological polar surface area (TPSA) is 105 Å². The predicted molar refractivity (Wildman–Crippen MR) is 143 cm³/mol. The van der Waals surface area contributed by atoms with Crippen molar-refractivity contribution in [2.24, 2.45) is 23.2 Å². The van der Waals surface area contributed by atoms with Crippen LogP contribution >= 0.6 is 15.9 Å². The molecule has 4 fully saturated rings. The van der Waals surface area contributed by atoms with Crippen molar-refractivity contribution in [3.05, 3.63) is 57.1 Å². The van der Waals surface area contributed by atoms with E-state index in [1.165, 1.54) is 56.4 Å². The molecule has 4 aromatic rings. The van der Waals surface area contributed by atoms with Gasteiger partial charge in [-0.15, -0.1) is 0 Å². The molecule has 0 aromatic carbocycles. The van der Waals surface area contributed by atoms with E-state index in [9.17, 15) is 9.59 Å². The largest absolute Gasteiger partial charge is 0.465 e. The molecule has 0 aliphatic heterocycles. The van der Waals surface area contributed by atoms with Crippen LogP contribution in [0.5, 0.6) is 0 Å². The van der Waals surface area contributed by atoms with Gasteiger partial charge in [0.25, 0.3) is 0 Å². The molecule has 0 unspecified atom stereocenters. The molecule has 4 aromatic heterocycles. The Morgan fingerprint density at radius 2 is 1.79 bits per heavy atom. The summed E-state index contributed by atoms with van der Waals surface area (Å²) in [5.41, 5.74) is 3.55. The highest BCUT2D eigenvalue weighted by Crippen LogP contribution is 2.60. The minimum absolute atomic E-state index is 0.0792. The van der Waals surface area contributed by atoms with Crippen LogP contribution in [0.4, 0.5) is 0 Å². The second-order valence-corrected chi connectivity index (χ2v) is 12.3. The third kappa shape index (κ3) is 3.67. The first-order valence-electron chi connectivity index (χ1n) is 13.1. The Balaban J connectivity index is 1.31. The van der Waals surface area contributed by atoms with Crippen LogP contribution in [0.25, 0.3) is 28.0 Å². The molecule has 0 saturated heterocycles. The van der Waals surface area contributed by atoms with Gasteiger partial charge in [-0.25, -0.2) is 24.1 Å². The van der Waals surface area contributed by atoms with Gasteiger partial charge < -0.3 is 9.15 Å². The number of methoxy groups -OCH3 is 1. The van der Waals surface area contributed by atoms with Crippen molar-refractivity contribution in [1.82, 2.24) is 24.3 Å². The van der Waals surface area contributed by atoms with E-state index >= 15 is 0 Å². The van der Waals surface area contributed by atoms with Crippen LogP contribution in [0.1, 0.15) is 54.6 Å². The van der Waals surface area contributed by atoms with Gasteiger partial charge in [0.15, 0.2) is 11.2 Å². The van der Waals surface area contributed by atoms with Gasteiger partial charge in [-0.2, -0.15) is 5.10 Å². The van der Waals surface area contributed by atoms with Crippen LogP contribution in [0, 0.1) is 30.1 Å². The third-order valence-corrected chi connectivity index (χ3v) is 9.47. The molecule has 38 heavy (non-hydrogen) atoms. The molecule has 4 aliphatic carbocycles. The molecule has 4 aliphatic rings. The zero-order valence-electron chi connectivity index (χ0n) is 21.3. The van der Waals surface area contributed by atoms with Gasteiger partial charge in [-0.1, -0.05) is 0 Å². The van der Waals surface area contributed by atoms with Crippen LogP contribution in [-0.4, -0.2) is 37.4 Å². The molecule has 4 heterocycles. The van der Waals surface area contributed by atoms with E-state index in [1.807, 2.05) is 6.92 Å². The number of ether oxygens (including phenoxy) is 1. The average Bonchev–Trinajstić information content (AvgIpc) is 3.41. The van der Waals surface area contributed by atoms with Gasteiger partial charge in [0.1, 0.15) is 10.2 Å². The van der Waals surface area contributed by atoms with E-state index in [1.54, 1.807) is 24.5 Å². The molecule has 0 radical (unpaired) electrons. The fraction of sp³-hybridized carbons (Fsp3) is 0.464. The smallest absolute Gasteiger partial charge is 0.425 e. The maximum absolute atomic E-state index is 13.1. The first-order valence-corrected chi connectivity index (χ1v) is 13.9.